The summed E-state index contributed by atoms with van der Waals surface area (Å²) in [7, 11) is 4.30. The van der Waals surface area contributed by atoms with Crippen LogP contribution in [0, 0.1) is 5.92 Å². The van der Waals surface area contributed by atoms with Crippen molar-refractivity contribution in [2.24, 2.45) is 5.92 Å². The second kappa shape index (κ2) is 15.5. The van der Waals surface area contributed by atoms with Crippen LogP contribution in [0.5, 0.6) is 5.75 Å². The molecule has 1 atom stereocenters. The van der Waals surface area contributed by atoms with Crippen molar-refractivity contribution < 1.29 is 18.8 Å². The zero-order valence-corrected chi connectivity index (χ0v) is 21.9. The average molecular weight is 469 g/mol. The summed E-state index contributed by atoms with van der Waals surface area (Å²) >= 11 is 0. The summed E-state index contributed by atoms with van der Waals surface area (Å²) in [6.07, 6.45) is 10.5. The lowest BCUT2D eigenvalue weighted by Crippen LogP contribution is -2.44. The number of benzene rings is 2. The van der Waals surface area contributed by atoms with Gasteiger partial charge in [0.2, 0.25) is 0 Å². The third kappa shape index (κ3) is 11.7. The molecule has 0 fully saturated rings. The highest BCUT2D eigenvalue weighted by Crippen LogP contribution is 2.16. The molecule has 0 aromatic heterocycles. The number of carbonyl (C=O) groups excluding carboxylic acids is 1. The Balaban J connectivity index is 1.60. The lowest BCUT2D eigenvalue weighted by molar-refractivity contribution is -0.905. The molecule has 2 aromatic carbocycles. The van der Waals surface area contributed by atoms with Crippen LogP contribution in [0.25, 0.3) is 0 Å². The molecule has 188 valence electrons. The van der Waals surface area contributed by atoms with Gasteiger partial charge in [-0.2, -0.15) is 0 Å². The SMILES string of the molecule is CCCCCCCCCc1ccc(OCCOC(=O)C(C)C[N+](C)(C)Cc2ccccc2)cc1. The predicted octanol–water partition coefficient (Wildman–Crippen LogP) is 6.81. The van der Waals surface area contributed by atoms with Crippen LogP contribution in [-0.4, -0.2) is 44.3 Å². The fourth-order valence-electron chi connectivity index (χ4n) is 4.44. The molecule has 0 aliphatic rings. The lowest BCUT2D eigenvalue weighted by Gasteiger charge is -2.31. The second-order valence-corrected chi connectivity index (χ2v) is 10.2. The molecule has 0 saturated heterocycles. The minimum absolute atomic E-state index is 0.159. The molecule has 0 spiro atoms. The summed E-state index contributed by atoms with van der Waals surface area (Å²) in [5.74, 6) is 0.505. The van der Waals surface area contributed by atoms with Crippen LogP contribution < -0.4 is 4.74 Å². The Hall–Kier alpha value is -2.33. The Bertz CT molecular complexity index is 802. The number of carbonyl (C=O) groups is 1. The van der Waals surface area contributed by atoms with E-state index < -0.39 is 0 Å². The van der Waals surface area contributed by atoms with Crippen molar-refractivity contribution in [3.8, 4) is 5.75 Å². The topological polar surface area (TPSA) is 35.5 Å². The predicted molar refractivity (Wildman–Crippen MR) is 141 cm³/mol. The van der Waals surface area contributed by atoms with E-state index in [-0.39, 0.29) is 18.5 Å². The number of unbranched alkanes of at least 4 members (excludes halogenated alkanes) is 6. The Kier molecular flexibility index (Phi) is 12.8. The first-order valence-electron chi connectivity index (χ1n) is 13.1. The molecule has 1 unspecified atom stereocenters. The number of aryl methyl sites for hydroxylation is 1. The largest absolute Gasteiger partial charge is 0.490 e. The molecule has 0 heterocycles. The number of rotatable bonds is 17. The number of ether oxygens (including phenoxy) is 2. The van der Waals surface area contributed by atoms with Gasteiger partial charge in [0, 0.05) is 5.56 Å². The van der Waals surface area contributed by atoms with Crippen LogP contribution in [0.3, 0.4) is 0 Å². The van der Waals surface area contributed by atoms with Crippen LogP contribution in [0.4, 0.5) is 0 Å². The normalized spacial score (nSPS) is 12.4. The van der Waals surface area contributed by atoms with Gasteiger partial charge in [-0.1, -0.05) is 87.9 Å². The quantitative estimate of drug-likeness (QED) is 0.145. The minimum atomic E-state index is -0.162. The van der Waals surface area contributed by atoms with Crippen molar-refractivity contribution in [2.45, 2.75) is 71.8 Å². The summed E-state index contributed by atoms with van der Waals surface area (Å²) in [5.41, 5.74) is 2.63. The number of quaternary nitrogens is 1. The van der Waals surface area contributed by atoms with Gasteiger partial charge in [-0.05, 0) is 37.5 Å². The molecule has 0 radical (unpaired) electrons. The molecule has 4 heteroatoms. The zero-order valence-electron chi connectivity index (χ0n) is 21.9. The molecule has 34 heavy (non-hydrogen) atoms. The number of hydrogen-bond donors (Lipinski definition) is 0. The molecule has 0 aliphatic carbocycles. The van der Waals surface area contributed by atoms with E-state index >= 15 is 0 Å². The molecular weight excluding hydrogens is 422 g/mol. The van der Waals surface area contributed by atoms with E-state index in [9.17, 15) is 4.79 Å². The van der Waals surface area contributed by atoms with E-state index in [1.165, 1.54) is 56.1 Å². The second-order valence-electron chi connectivity index (χ2n) is 10.2. The van der Waals surface area contributed by atoms with E-state index in [2.05, 4.69) is 57.4 Å². The van der Waals surface area contributed by atoms with Crippen LogP contribution in [0.15, 0.2) is 54.6 Å². The Morgan fingerprint density at radius 2 is 1.47 bits per heavy atom. The molecule has 0 aliphatic heterocycles. The van der Waals surface area contributed by atoms with Gasteiger partial charge in [-0.25, -0.2) is 0 Å². The zero-order chi connectivity index (χ0) is 24.7. The van der Waals surface area contributed by atoms with Crippen molar-refractivity contribution in [1.29, 1.82) is 0 Å². The Morgan fingerprint density at radius 1 is 0.824 bits per heavy atom. The Morgan fingerprint density at radius 3 is 2.15 bits per heavy atom. The average Bonchev–Trinajstić information content (AvgIpc) is 2.82. The van der Waals surface area contributed by atoms with E-state index in [1.54, 1.807) is 0 Å². The van der Waals surface area contributed by atoms with Crippen LogP contribution in [0.1, 0.15) is 69.9 Å². The van der Waals surface area contributed by atoms with Crippen LogP contribution in [-0.2, 0) is 22.5 Å². The van der Waals surface area contributed by atoms with Crippen molar-refractivity contribution in [1.82, 2.24) is 0 Å². The van der Waals surface area contributed by atoms with Gasteiger partial charge in [-0.3, -0.25) is 4.79 Å². The number of hydrogen-bond acceptors (Lipinski definition) is 3. The van der Waals surface area contributed by atoms with E-state index in [0.29, 0.717) is 6.61 Å². The van der Waals surface area contributed by atoms with Gasteiger partial charge < -0.3 is 14.0 Å². The molecule has 0 saturated carbocycles. The monoisotopic (exact) mass is 468 g/mol. The van der Waals surface area contributed by atoms with E-state index in [4.69, 9.17) is 9.47 Å². The third-order valence-corrected chi connectivity index (χ3v) is 6.21. The van der Waals surface area contributed by atoms with E-state index in [1.807, 2.05) is 25.1 Å². The van der Waals surface area contributed by atoms with Crippen molar-refractivity contribution >= 4 is 5.97 Å². The summed E-state index contributed by atoms with van der Waals surface area (Å²) < 4.78 is 12.0. The molecule has 0 bridgehead atoms. The van der Waals surface area contributed by atoms with Crippen molar-refractivity contribution in [3.05, 3.63) is 65.7 Å². The standard InChI is InChI=1S/C30H46NO3/c1-5-6-7-8-9-10-12-15-27-18-20-29(21-19-27)33-22-23-34-30(32)26(2)24-31(3,4)25-28-16-13-11-14-17-28/h11,13-14,16-21,26H,5-10,12,15,22-25H2,1-4H3/q+1. The summed E-state index contributed by atoms with van der Waals surface area (Å²) in [6, 6.07) is 18.7. The first-order chi connectivity index (χ1) is 16.4. The molecular formula is C30H46NO3+. The molecule has 0 N–H and O–H groups in total. The molecule has 0 amide bonds. The van der Waals surface area contributed by atoms with E-state index in [0.717, 1.165) is 29.7 Å². The maximum absolute atomic E-state index is 12.4. The smallest absolute Gasteiger partial charge is 0.314 e. The minimum Gasteiger partial charge on any atom is -0.490 e. The van der Waals surface area contributed by atoms with Gasteiger partial charge in [0.15, 0.2) is 0 Å². The first kappa shape index (κ1) is 27.9. The third-order valence-electron chi connectivity index (χ3n) is 6.21. The van der Waals surface area contributed by atoms with Gasteiger partial charge in [-0.15, -0.1) is 0 Å². The number of nitrogens with zero attached hydrogens (tertiary/aromatic N) is 1. The van der Waals surface area contributed by atoms with Crippen LogP contribution >= 0.6 is 0 Å². The molecule has 2 rings (SSSR count). The first-order valence-corrected chi connectivity index (χ1v) is 13.1. The van der Waals surface area contributed by atoms with Gasteiger partial charge >= 0.3 is 5.97 Å². The molecule has 2 aromatic rings. The maximum atomic E-state index is 12.4. The highest BCUT2D eigenvalue weighted by molar-refractivity contribution is 5.72. The van der Waals surface area contributed by atoms with Gasteiger partial charge in [0.1, 0.15) is 31.4 Å². The number of esters is 1. The van der Waals surface area contributed by atoms with Gasteiger partial charge in [0.25, 0.3) is 0 Å². The highest BCUT2D eigenvalue weighted by Gasteiger charge is 2.25. The van der Waals surface area contributed by atoms with Crippen molar-refractivity contribution in [2.75, 3.05) is 33.9 Å². The van der Waals surface area contributed by atoms with Crippen LogP contribution in [0.2, 0.25) is 0 Å². The van der Waals surface area contributed by atoms with Crippen molar-refractivity contribution in [3.63, 3.8) is 0 Å². The highest BCUT2D eigenvalue weighted by atomic mass is 16.6. The summed E-state index contributed by atoms with van der Waals surface area (Å²) in [5, 5.41) is 0. The maximum Gasteiger partial charge on any atom is 0.314 e. The summed E-state index contributed by atoms with van der Waals surface area (Å²) in [4.78, 5) is 12.4. The fraction of sp³-hybridized carbons (Fsp3) is 0.567. The van der Waals surface area contributed by atoms with Gasteiger partial charge in [0.05, 0.1) is 20.6 Å². The molecule has 4 nitrogen and oxygen atoms in total. The Labute approximate surface area is 207 Å². The lowest BCUT2D eigenvalue weighted by atomic mass is 10.0. The fourth-order valence-corrected chi connectivity index (χ4v) is 4.44. The summed E-state index contributed by atoms with van der Waals surface area (Å²) in [6.45, 7) is 6.46.